The molecule has 6 aromatic rings. The predicted molar refractivity (Wildman–Crippen MR) is 301 cm³/mol. The molecule has 0 saturated heterocycles. The molecule has 0 aliphatic carbocycles. The quantitative estimate of drug-likeness (QED) is 0.121. The van der Waals surface area contributed by atoms with E-state index >= 15 is 0 Å². The van der Waals surface area contributed by atoms with E-state index in [1.165, 1.54) is 107 Å². The van der Waals surface area contributed by atoms with E-state index in [9.17, 15) is 0 Å². The highest BCUT2D eigenvalue weighted by molar-refractivity contribution is 6.01. The Hall–Kier alpha value is -5.74. The van der Waals surface area contributed by atoms with Crippen molar-refractivity contribution in [2.45, 2.75) is 179 Å². The van der Waals surface area contributed by atoms with Gasteiger partial charge in [0.25, 0.3) is 0 Å². The summed E-state index contributed by atoms with van der Waals surface area (Å²) in [6.07, 6.45) is 0. The normalized spacial score (nSPS) is 14.0. The Balaban J connectivity index is 1.66. The van der Waals surface area contributed by atoms with Crippen LogP contribution in [-0.2, 0) is 0 Å². The third-order valence-corrected chi connectivity index (χ3v) is 14.9. The SMILES string of the molecule is Cc1ccc2c(c1)N(c1cc(C(C)C)cc(C(C)C)c1)C(=C1N(c3cc(C(C)C)cc(C(C)C)c3)c3cc(C)c(C)cc3N1c1cc(C(C)C)cc(C(C)C)c1)N2c1cc(C(C)C)cc(C(C)C)c1. The van der Waals surface area contributed by atoms with Crippen molar-refractivity contribution in [3.8, 4) is 0 Å². The van der Waals surface area contributed by atoms with Gasteiger partial charge in [0.2, 0.25) is 0 Å². The maximum absolute atomic E-state index is 2.65. The predicted octanol–water partition coefficient (Wildman–Crippen LogP) is 20.0. The molecule has 0 atom stereocenters. The number of hydrogen-bond donors (Lipinski definition) is 0. The van der Waals surface area contributed by atoms with Gasteiger partial charge in [-0.2, -0.15) is 0 Å². The largest absolute Gasteiger partial charge is 0.291 e. The lowest BCUT2D eigenvalue weighted by molar-refractivity contribution is 0.828. The van der Waals surface area contributed by atoms with Crippen LogP contribution in [0.1, 0.15) is 219 Å². The molecule has 2 heterocycles. The third-order valence-electron chi connectivity index (χ3n) is 14.9. The van der Waals surface area contributed by atoms with Crippen LogP contribution in [0.25, 0.3) is 0 Å². The van der Waals surface area contributed by atoms with Gasteiger partial charge in [0.1, 0.15) is 0 Å². The van der Waals surface area contributed by atoms with Gasteiger partial charge in [0, 0.05) is 22.7 Å². The highest BCUT2D eigenvalue weighted by Gasteiger charge is 2.45. The second-order valence-electron chi connectivity index (χ2n) is 23.1. The lowest BCUT2D eigenvalue weighted by Gasteiger charge is -2.35. The van der Waals surface area contributed by atoms with Crippen LogP contribution in [0.5, 0.6) is 0 Å². The van der Waals surface area contributed by atoms with E-state index in [-0.39, 0.29) is 0 Å². The standard InChI is InChI=1S/C65H82N4/c1-37(2)48-25-49(38(3)4)30-56(29-48)66-60-21-20-45(17)22-61(60)67(57-31-50(39(5)6)26-51(32-57)40(7)8)64(66)65-68(58-33-52(41(9)10)27-53(34-58)42(11)12)62-23-46(18)47(19)24-63(62)69(65)59-35-54(43(13)14)28-55(36-59)44(15)16/h20-44H,1-19H3. The molecule has 0 aromatic heterocycles. The molecule has 0 amide bonds. The number of aryl methyl sites for hydroxylation is 3. The minimum atomic E-state index is 0.348. The molecule has 0 fully saturated rings. The zero-order chi connectivity index (χ0) is 50.1. The minimum Gasteiger partial charge on any atom is -0.291 e. The minimum absolute atomic E-state index is 0.348. The first-order valence-corrected chi connectivity index (χ1v) is 26.3. The summed E-state index contributed by atoms with van der Waals surface area (Å²) in [5, 5.41) is 0. The molecular formula is C65H82N4. The van der Waals surface area contributed by atoms with Gasteiger partial charge in [0.05, 0.1) is 22.7 Å². The zero-order valence-corrected chi connectivity index (χ0v) is 45.7. The number of rotatable bonds is 12. The van der Waals surface area contributed by atoms with Crippen molar-refractivity contribution in [3.05, 3.63) is 176 Å². The fourth-order valence-electron chi connectivity index (χ4n) is 10.1. The van der Waals surface area contributed by atoms with Gasteiger partial charge >= 0.3 is 0 Å². The molecule has 6 aromatic carbocycles. The van der Waals surface area contributed by atoms with Gasteiger partial charge < -0.3 is 0 Å². The maximum atomic E-state index is 2.65. The topological polar surface area (TPSA) is 13.0 Å². The zero-order valence-electron chi connectivity index (χ0n) is 45.7. The summed E-state index contributed by atoms with van der Waals surface area (Å²) in [4.78, 5) is 10.6. The Morgan fingerprint density at radius 2 is 0.464 bits per heavy atom. The summed E-state index contributed by atoms with van der Waals surface area (Å²) in [6.45, 7) is 44.2. The van der Waals surface area contributed by atoms with Crippen molar-refractivity contribution in [1.82, 2.24) is 0 Å². The second kappa shape index (κ2) is 19.2. The molecule has 0 N–H and O–H groups in total. The molecule has 4 heteroatoms. The Morgan fingerprint density at radius 1 is 0.246 bits per heavy atom. The maximum Gasteiger partial charge on any atom is 0.166 e. The number of hydrogen-bond acceptors (Lipinski definition) is 4. The summed E-state index contributed by atoms with van der Waals surface area (Å²) in [6, 6.07) is 41.7. The molecule has 0 saturated carbocycles. The molecule has 0 bridgehead atoms. The van der Waals surface area contributed by atoms with Crippen LogP contribution >= 0.6 is 0 Å². The number of benzene rings is 6. The third kappa shape index (κ3) is 9.38. The van der Waals surface area contributed by atoms with E-state index in [1.807, 2.05) is 0 Å². The summed E-state index contributed by atoms with van der Waals surface area (Å²) in [5.74, 6) is 5.03. The highest BCUT2D eigenvalue weighted by atomic mass is 15.5. The van der Waals surface area contributed by atoms with Crippen molar-refractivity contribution < 1.29 is 0 Å². The van der Waals surface area contributed by atoms with Crippen LogP contribution in [0.15, 0.2) is 115 Å². The van der Waals surface area contributed by atoms with E-state index in [1.54, 1.807) is 0 Å². The van der Waals surface area contributed by atoms with Gasteiger partial charge in [-0.25, -0.2) is 0 Å². The fourth-order valence-corrected chi connectivity index (χ4v) is 10.1. The molecule has 0 unspecified atom stereocenters. The first kappa shape index (κ1) is 49.7. The Labute approximate surface area is 418 Å². The fraction of sp³-hybridized carbons (Fsp3) is 0.415. The van der Waals surface area contributed by atoms with E-state index in [2.05, 4.69) is 254 Å². The molecular weight excluding hydrogens is 837 g/mol. The lowest BCUT2D eigenvalue weighted by atomic mass is 9.94. The first-order chi connectivity index (χ1) is 32.5. The molecule has 362 valence electrons. The average molecular weight is 919 g/mol. The van der Waals surface area contributed by atoms with Gasteiger partial charge in [-0.1, -0.05) is 141 Å². The number of nitrogens with zero attached hydrogens (tertiary/aromatic N) is 4. The van der Waals surface area contributed by atoms with Gasteiger partial charge in [-0.15, -0.1) is 0 Å². The molecule has 8 rings (SSSR count). The van der Waals surface area contributed by atoms with E-state index in [0.29, 0.717) is 47.3 Å². The Morgan fingerprint density at radius 3 is 0.696 bits per heavy atom. The van der Waals surface area contributed by atoms with Gasteiger partial charge in [0.15, 0.2) is 11.6 Å². The Kier molecular flexibility index (Phi) is 13.8. The number of anilines is 8. The lowest BCUT2D eigenvalue weighted by Crippen LogP contribution is -2.34. The van der Waals surface area contributed by atoms with Crippen LogP contribution in [0, 0.1) is 20.8 Å². The van der Waals surface area contributed by atoms with Crippen LogP contribution in [-0.4, -0.2) is 0 Å². The van der Waals surface area contributed by atoms with Crippen molar-refractivity contribution >= 4 is 45.5 Å². The monoisotopic (exact) mass is 919 g/mol. The van der Waals surface area contributed by atoms with Crippen molar-refractivity contribution in [3.63, 3.8) is 0 Å². The Bertz CT molecular complexity index is 2720. The molecule has 69 heavy (non-hydrogen) atoms. The summed E-state index contributed by atoms with van der Waals surface area (Å²) in [5.41, 5.74) is 24.1. The smallest absolute Gasteiger partial charge is 0.166 e. The molecule has 0 spiro atoms. The second-order valence-corrected chi connectivity index (χ2v) is 23.1. The van der Waals surface area contributed by atoms with E-state index < -0.39 is 0 Å². The molecule has 2 aliphatic rings. The van der Waals surface area contributed by atoms with Gasteiger partial charge in [-0.05, 0) is 202 Å². The molecule has 2 aliphatic heterocycles. The van der Waals surface area contributed by atoms with E-state index in [4.69, 9.17) is 0 Å². The van der Waals surface area contributed by atoms with Crippen LogP contribution in [0.4, 0.5) is 45.5 Å². The van der Waals surface area contributed by atoms with Crippen LogP contribution < -0.4 is 19.6 Å². The van der Waals surface area contributed by atoms with Crippen molar-refractivity contribution in [2.75, 3.05) is 19.6 Å². The van der Waals surface area contributed by atoms with Crippen LogP contribution in [0.2, 0.25) is 0 Å². The highest BCUT2D eigenvalue weighted by Crippen LogP contribution is 2.59. The van der Waals surface area contributed by atoms with Crippen molar-refractivity contribution in [1.29, 1.82) is 0 Å². The summed E-state index contributed by atoms with van der Waals surface area (Å²) >= 11 is 0. The number of fused-ring (bicyclic) bond motifs is 2. The van der Waals surface area contributed by atoms with Crippen molar-refractivity contribution in [2.24, 2.45) is 0 Å². The van der Waals surface area contributed by atoms with E-state index in [0.717, 1.165) is 11.6 Å². The molecule has 0 radical (unpaired) electrons. The van der Waals surface area contributed by atoms with Gasteiger partial charge in [-0.3, -0.25) is 19.6 Å². The summed E-state index contributed by atoms with van der Waals surface area (Å²) < 4.78 is 0. The molecule has 4 nitrogen and oxygen atoms in total. The first-order valence-electron chi connectivity index (χ1n) is 26.3. The summed E-state index contributed by atoms with van der Waals surface area (Å²) in [7, 11) is 0. The average Bonchev–Trinajstić information content (AvgIpc) is 3.80. The van der Waals surface area contributed by atoms with Crippen LogP contribution in [0.3, 0.4) is 0 Å².